The maximum absolute atomic E-state index is 9.84. The van der Waals surface area contributed by atoms with Crippen molar-refractivity contribution in [1.82, 2.24) is 9.97 Å². The van der Waals surface area contributed by atoms with Crippen LogP contribution in [0.3, 0.4) is 0 Å². The second kappa shape index (κ2) is 7.38. The minimum absolute atomic E-state index is 0.0970. The summed E-state index contributed by atoms with van der Waals surface area (Å²) in [6, 6.07) is 1.70. The standard InChI is InChI=1S/C15H24ClN3O2/c1-3-21-9-14-17-12(16)7-13(18-14)19-15(10-20)6-4-5-11(2)8-15/h7,11,20H,3-6,8-10H2,1-2H3,(H,17,18,19). The number of hydrogen-bond acceptors (Lipinski definition) is 5. The molecule has 0 aromatic carbocycles. The van der Waals surface area contributed by atoms with Gasteiger partial charge < -0.3 is 15.2 Å². The zero-order valence-electron chi connectivity index (χ0n) is 12.7. The maximum atomic E-state index is 9.84. The van der Waals surface area contributed by atoms with Crippen molar-refractivity contribution in [3.63, 3.8) is 0 Å². The molecule has 21 heavy (non-hydrogen) atoms. The molecule has 0 saturated heterocycles. The summed E-state index contributed by atoms with van der Waals surface area (Å²) in [4.78, 5) is 8.60. The summed E-state index contributed by atoms with van der Waals surface area (Å²) in [6.07, 6.45) is 4.20. The molecule has 0 spiro atoms. The normalized spacial score (nSPS) is 25.8. The van der Waals surface area contributed by atoms with E-state index in [4.69, 9.17) is 16.3 Å². The van der Waals surface area contributed by atoms with Gasteiger partial charge in [-0.2, -0.15) is 0 Å². The molecule has 2 atom stereocenters. The van der Waals surface area contributed by atoms with Crippen molar-refractivity contribution in [3.05, 3.63) is 17.0 Å². The Hall–Kier alpha value is -0.910. The molecule has 0 aliphatic heterocycles. The zero-order valence-corrected chi connectivity index (χ0v) is 13.5. The first-order valence-electron chi connectivity index (χ1n) is 7.57. The lowest BCUT2D eigenvalue weighted by Crippen LogP contribution is -2.46. The van der Waals surface area contributed by atoms with Gasteiger partial charge in [0.1, 0.15) is 17.6 Å². The fraction of sp³-hybridized carbons (Fsp3) is 0.733. The van der Waals surface area contributed by atoms with Gasteiger partial charge in [-0.3, -0.25) is 0 Å². The van der Waals surface area contributed by atoms with Crippen molar-refractivity contribution in [1.29, 1.82) is 0 Å². The number of nitrogens with one attached hydrogen (secondary N) is 1. The average molecular weight is 314 g/mol. The smallest absolute Gasteiger partial charge is 0.158 e. The van der Waals surface area contributed by atoms with E-state index in [2.05, 4.69) is 22.2 Å². The summed E-state index contributed by atoms with van der Waals surface area (Å²) < 4.78 is 5.33. The average Bonchev–Trinajstić information content (AvgIpc) is 2.44. The molecule has 0 radical (unpaired) electrons. The van der Waals surface area contributed by atoms with Crippen LogP contribution in [0.4, 0.5) is 5.82 Å². The minimum atomic E-state index is -0.307. The van der Waals surface area contributed by atoms with Crippen LogP contribution in [0.1, 0.15) is 45.4 Å². The molecule has 5 nitrogen and oxygen atoms in total. The van der Waals surface area contributed by atoms with Gasteiger partial charge in [-0.25, -0.2) is 9.97 Å². The van der Waals surface area contributed by atoms with Crippen molar-refractivity contribution >= 4 is 17.4 Å². The van der Waals surface area contributed by atoms with E-state index < -0.39 is 0 Å². The van der Waals surface area contributed by atoms with Crippen LogP contribution in [0.15, 0.2) is 6.07 Å². The van der Waals surface area contributed by atoms with E-state index in [0.717, 1.165) is 19.3 Å². The molecular weight excluding hydrogens is 290 g/mol. The summed E-state index contributed by atoms with van der Waals surface area (Å²) in [6.45, 7) is 5.19. The van der Waals surface area contributed by atoms with Crippen LogP contribution in [0.2, 0.25) is 5.15 Å². The van der Waals surface area contributed by atoms with Gasteiger partial charge in [0.2, 0.25) is 0 Å². The highest BCUT2D eigenvalue weighted by molar-refractivity contribution is 6.29. The summed E-state index contributed by atoms with van der Waals surface area (Å²) in [5.74, 6) is 1.82. The number of rotatable bonds is 6. The van der Waals surface area contributed by atoms with Gasteiger partial charge in [0.05, 0.1) is 12.1 Å². The first kappa shape index (κ1) is 16.5. The Morgan fingerprint density at radius 3 is 3.00 bits per heavy atom. The predicted octanol–water partition coefficient (Wildman–Crippen LogP) is 3.02. The number of aromatic nitrogens is 2. The number of nitrogens with zero attached hydrogens (tertiary/aromatic N) is 2. The molecule has 1 aliphatic carbocycles. The van der Waals surface area contributed by atoms with Gasteiger partial charge in [0, 0.05) is 12.7 Å². The summed E-state index contributed by atoms with van der Waals surface area (Å²) in [5.41, 5.74) is -0.307. The van der Waals surface area contributed by atoms with Crippen molar-refractivity contribution in [2.75, 3.05) is 18.5 Å². The third-order valence-corrected chi connectivity index (χ3v) is 4.16. The van der Waals surface area contributed by atoms with Crippen LogP contribution < -0.4 is 5.32 Å². The van der Waals surface area contributed by atoms with Crippen LogP contribution in [0.25, 0.3) is 0 Å². The largest absolute Gasteiger partial charge is 0.394 e. The Balaban J connectivity index is 2.14. The van der Waals surface area contributed by atoms with E-state index >= 15 is 0 Å². The molecule has 1 aromatic rings. The van der Waals surface area contributed by atoms with Crippen LogP contribution in [0, 0.1) is 5.92 Å². The number of aliphatic hydroxyl groups excluding tert-OH is 1. The van der Waals surface area contributed by atoms with Gasteiger partial charge in [-0.15, -0.1) is 0 Å². The Bertz CT molecular complexity index is 472. The van der Waals surface area contributed by atoms with Gasteiger partial charge in [0.25, 0.3) is 0 Å². The van der Waals surface area contributed by atoms with Gasteiger partial charge in [-0.1, -0.05) is 31.4 Å². The second-order valence-electron chi connectivity index (χ2n) is 5.89. The van der Waals surface area contributed by atoms with Crippen molar-refractivity contribution in [3.8, 4) is 0 Å². The van der Waals surface area contributed by atoms with E-state index in [1.165, 1.54) is 6.42 Å². The third kappa shape index (κ3) is 4.53. The topological polar surface area (TPSA) is 67.3 Å². The lowest BCUT2D eigenvalue weighted by atomic mass is 9.77. The lowest BCUT2D eigenvalue weighted by Gasteiger charge is -2.39. The van der Waals surface area contributed by atoms with E-state index in [1.54, 1.807) is 6.07 Å². The molecule has 1 aromatic heterocycles. The molecule has 1 saturated carbocycles. The van der Waals surface area contributed by atoms with Crippen LogP contribution in [0.5, 0.6) is 0 Å². The maximum Gasteiger partial charge on any atom is 0.158 e. The molecule has 2 rings (SSSR count). The molecule has 2 N–H and O–H groups in total. The zero-order chi connectivity index (χ0) is 15.3. The molecule has 0 bridgehead atoms. The van der Waals surface area contributed by atoms with Crippen LogP contribution in [-0.4, -0.2) is 33.8 Å². The van der Waals surface area contributed by atoms with Crippen molar-refractivity contribution in [2.24, 2.45) is 5.92 Å². The number of halogens is 1. The molecule has 6 heteroatoms. The van der Waals surface area contributed by atoms with Crippen LogP contribution >= 0.6 is 11.6 Å². The Kier molecular flexibility index (Phi) is 5.79. The molecule has 0 amide bonds. The fourth-order valence-electron chi connectivity index (χ4n) is 3.02. The monoisotopic (exact) mass is 313 g/mol. The number of aliphatic hydroxyl groups is 1. The van der Waals surface area contributed by atoms with E-state index in [-0.39, 0.29) is 12.1 Å². The quantitative estimate of drug-likeness (QED) is 0.790. The second-order valence-corrected chi connectivity index (χ2v) is 6.28. The molecule has 118 valence electrons. The summed E-state index contributed by atoms with van der Waals surface area (Å²) in [7, 11) is 0. The SMILES string of the molecule is CCOCc1nc(Cl)cc(NC2(CO)CCCC(C)C2)n1. The van der Waals surface area contributed by atoms with E-state index in [9.17, 15) is 5.11 Å². The highest BCUT2D eigenvalue weighted by Gasteiger charge is 2.34. The Labute approximate surface area is 131 Å². The Morgan fingerprint density at radius 2 is 2.33 bits per heavy atom. The number of anilines is 1. The van der Waals surface area contributed by atoms with E-state index in [0.29, 0.717) is 35.9 Å². The van der Waals surface area contributed by atoms with Gasteiger partial charge in [-0.05, 0) is 25.7 Å². The number of ether oxygens (including phenoxy) is 1. The highest BCUT2D eigenvalue weighted by atomic mass is 35.5. The van der Waals surface area contributed by atoms with E-state index in [1.807, 2.05) is 6.92 Å². The van der Waals surface area contributed by atoms with Gasteiger partial charge >= 0.3 is 0 Å². The van der Waals surface area contributed by atoms with Crippen molar-refractivity contribution < 1.29 is 9.84 Å². The predicted molar refractivity (Wildman–Crippen MR) is 83.4 cm³/mol. The number of hydrogen-bond donors (Lipinski definition) is 2. The molecular formula is C15H24ClN3O2. The fourth-order valence-corrected chi connectivity index (χ4v) is 3.22. The molecule has 2 unspecified atom stereocenters. The minimum Gasteiger partial charge on any atom is -0.394 e. The first-order valence-corrected chi connectivity index (χ1v) is 7.95. The molecule has 1 fully saturated rings. The first-order chi connectivity index (χ1) is 10.1. The molecule has 1 aliphatic rings. The van der Waals surface area contributed by atoms with Crippen LogP contribution in [-0.2, 0) is 11.3 Å². The summed E-state index contributed by atoms with van der Waals surface area (Å²) in [5, 5.41) is 13.6. The third-order valence-electron chi connectivity index (χ3n) is 3.96. The Morgan fingerprint density at radius 1 is 1.52 bits per heavy atom. The molecule has 1 heterocycles. The lowest BCUT2D eigenvalue weighted by molar-refractivity contribution is 0.128. The van der Waals surface area contributed by atoms with Crippen molar-refractivity contribution in [2.45, 2.75) is 51.7 Å². The van der Waals surface area contributed by atoms with Gasteiger partial charge in [0.15, 0.2) is 5.82 Å². The highest BCUT2D eigenvalue weighted by Crippen LogP contribution is 2.34. The summed E-state index contributed by atoms with van der Waals surface area (Å²) >= 11 is 6.05.